The lowest BCUT2D eigenvalue weighted by Crippen LogP contribution is -2.53. The molecule has 3 fully saturated rings. The van der Waals surface area contributed by atoms with E-state index in [4.69, 9.17) is 9.84 Å². The van der Waals surface area contributed by atoms with Crippen LogP contribution >= 0.6 is 0 Å². The van der Waals surface area contributed by atoms with Gasteiger partial charge in [0.25, 0.3) is 0 Å². The number of nitrogens with one attached hydrogen (secondary N) is 2. The van der Waals surface area contributed by atoms with E-state index in [9.17, 15) is 14.4 Å². The molecule has 5 atom stereocenters. The van der Waals surface area contributed by atoms with Crippen molar-refractivity contribution >= 4 is 34.2 Å². The highest BCUT2D eigenvalue weighted by atomic mass is 16.5. The van der Waals surface area contributed by atoms with Crippen molar-refractivity contribution in [3.05, 3.63) is 42.5 Å². The summed E-state index contributed by atoms with van der Waals surface area (Å²) < 4.78 is 6.47. The highest BCUT2D eigenvalue weighted by molar-refractivity contribution is 6.04. The zero-order chi connectivity index (χ0) is 26.0. The molecule has 2 bridgehead atoms. The second kappa shape index (κ2) is 10.8. The summed E-state index contributed by atoms with van der Waals surface area (Å²) in [6.45, 7) is 3.12. The van der Waals surface area contributed by atoms with Gasteiger partial charge in [-0.25, -0.2) is 0 Å². The van der Waals surface area contributed by atoms with Crippen molar-refractivity contribution < 1.29 is 24.2 Å². The van der Waals surface area contributed by atoms with Crippen molar-refractivity contribution in [1.82, 2.24) is 10.2 Å². The molecule has 198 valence electrons. The maximum absolute atomic E-state index is 13.9. The molecular weight excluding hydrogens is 470 g/mol. The van der Waals surface area contributed by atoms with Crippen molar-refractivity contribution in [2.45, 2.75) is 69.6 Å². The fraction of sp³-hybridized carbons (Fsp3) is 0.552. The first-order valence-corrected chi connectivity index (χ1v) is 13.7. The standard InChI is InChI=1S/C29H37N3O5/c1-2-15-30-26(34)23-22-13-14-29(37-22)24(23)28(36)32(16-7-3-4-8-17-33)25(29)27(35)31-21-12-11-19-9-5-6-10-20(19)18-21/h5-6,9-12,18,22-25,33H,2-4,7-8,13-17H2,1H3,(H,30,34)(H,31,35)/t22-,23+,24-,25?,29?/m0/s1. The van der Waals surface area contributed by atoms with E-state index in [0.717, 1.165) is 42.9 Å². The summed E-state index contributed by atoms with van der Waals surface area (Å²) in [7, 11) is 0. The summed E-state index contributed by atoms with van der Waals surface area (Å²) in [6.07, 6.45) is 4.88. The molecule has 3 N–H and O–H groups in total. The second-order valence-electron chi connectivity index (χ2n) is 10.6. The number of unbranched alkanes of at least 4 members (excludes halogenated alkanes) is 3. The first kappa shape index (κ1) is 25.7. The first-order valence-electron chi connectivity index (χ1n) is 13.7. The van der Waals surface area contributed by atoms with E-state index >= 15 is 0 Å². The molecule has 3 heterocycles. The molecular formula is C29H37N3O5. The van der Waals surface area contributed by atoms with E-state index in [1.165, 1.54) is 0 Å². The number of rotatable bonds is 11. The number of carbonyl (C=O) groups excluding carboxylic acids is 3. The van der Waals surface area contributed by atoms with Gasteiger partial charge in [-0.2, -0.15) is 0 Å². The molecule has 3 amide bonds. The molecule has 8 heteroatoms. The SMILES string of the molecule is CCCNC(=O)[C@@H]1[C@@H]2CCC3(O2)C(C(=O)Nc2ccc4ccccc4c2)N(CCCCCCO)C(=O)[C@H]13. The van der Waals surface area contributed by atoms with Crippen LogP contribution in [0.25, 0.3) is 10.8 Å². The van der Waals surface area contributed by atoms with E-state index in [-0.39, 0.29) is 30.4 Å². The number of aliphatic hydroxyl groups is 1. The number of likely N-dealkylation sites (tertiary alicyclic amines) is 1. The minimum Gasteiger partial charge on any atom is -0.396 e. The minimum atomic E-state index is -0.984. The van der Waals surface area contributed by atoms with E-state index < -0.39 is 23.5 Å². The van der Waals surface area contributed by atoms with Crippen LogP contribution in [0.5, 0.6) is 0 Å². The van der Waals surface area contributed by atoms with Gasteiger partial charge in [-0.15, -0.1) is 0 Å². The molecule has 37 heavy (non-hydrogen) atoms. The normalized spacial score (nSPS) is 28.1. The Hall–Kier alpha value is -2.97. The molecule has 0 saturated carbocycles. The van der Waals surface area contributed by atoms with E-state index in [1.807, 2.05) is 49.4 Å². The Labute approximate surface area is 217 Å². The van der Waals surface area contributed by atoms with Crippen LogP contribution in [0.3, 0.4) is 0 Å². The van der Waals surface area contributed by atoms with Gasteiger partial charge in [0.15, 0.2) is 0 Å². The number of carbonyl (C=O) groups is 3. The molecule has 0 aliphatic carbocycles. The van der Waals surface area contributed by atoms with E-state index in [0.29, 0.717) is 31.6 Å². The highest BCUT2D eigenvalue weighted by Gasteiger charge is 2.74. The van der Waals surface area contributed by atoms with Gasteiger partial charge >= 0.3 is 0 Å². The summed E-state index contributed by atoms with van der Waals surface area (Å²) in [6, 6.07) is 12.9. The summed E-state index contributed by atoms with van der Waals surface area (Å²) >= 11 is 0. The van der Waals surface area contributed by atoms with Gasteiger partial charge in [-0.1, -0.05) is 50.1 Å². The third-order valence-corrected chi connectivity index (χ3v) is 8.22. The van der Waals surface area contributed by atoms with Crippen LogP contribution in [0.2, 0.25) is 0 Å². The van der Waals surface area contributed by atoms with Crippen molar-refractivity contribution in [2.24, 2.45) is 11.8 Å². The molecule has 3 aliphatic heterocycles. The number of hydrogen-bond acceptors (Lipinski definition) is 5. The number of fused-ring (bicyclic) bond motifs is 2. The Morgan fingerprint density at radius 3 is 2.65 bits per heavy atom. The Bertz CT molecular complexity index is 1170. The number of aliphatic hydroxyl groups excluding tert-OH is 1. The van der Waals surface area contributed by atoms with Crippen molar-refractivity contribution in [1.29, 1.82) is 0 Å². The Balaban J connectivity index is 1.42. The summed E-state index contributed by atoms with van der Waals surface area (Å²) in [5, 5.41) is 17.2. The van der Waals surface area contributed by atoms with Gasteiger partial charge < -0.3 is 25.4 Å². The lowest BCUT2D eigenvalue weighted by Gasteiger charge is -2.33. The average Bonchev–Trinajstić information content (AvgIpc) is 3.54. The number of anilines is 1. The Morgan fingerprint density at radius 2 is 1.86 bits per heavy atom. The number of amides is 3. The Kier molecular flexibility index (Phi) is 7.49. The van der Waals surface area contributed by atoms with Gasteiger partial charge in [0.2, 0.25) is 17.7 Å². The van der Waals surface area contributed by atoms with Gasteiger partial charge in [0.1, 0.15) is 11.6 Å². The number of nitrogens with zero attached hydrogens (tertiary/aromatic N) is 1. The molecule has 3 saturated heterocycles. The zero-order valence-corrected chi connectivity index (χ0v) is 21.4. The van der Waals surface area contributed by atoms with Crippen LogP contribution in [-0.4, -0.2) is 65.2 Å². The average molecular weight is 508 g/mol. The van der Waals surface area contributed by atoms with Gasteiger partial charge in [-0.3, -0.25) is 14.4 Å². The predicted octanol–water partition coefficient (Wildman–Crippen LogP) is 3.23. The number of ether oxygens (including phenoxy) is 1. The van der Waals surface area contributed by atoms with Crippen molar-refractivity contribution in [3.8, 4) is 0 Å². The van der Waals surface area contributed by atoms with Crippen LogP contribution in [0.1, 0.15) is 51.9 Å². The summed E-state index contributed by atoms with van der Waals surface area (Å²) in [5.41, 5.74) is -0.314. The van der Waals surface area contributed by atoms with Crippen LogP contribution in [-0.2, 0) is 19.1 Å². The van der Waals surface area contributed by atoms with Gasteiger partial charge in [-0.05, 0) is 55.0 Å². The highest BCUT2D eigenvalue weighted by Crippen LogP contribution is 2.58. The monoisotopic (exact) mass is 507 g/mol. The molecule has 1 spiro atoms. The maximum Gasteiger partial charge on any atom is 0.250 e. The minimum absolute atomic E-state index is 0.147. The lowest BCUT2D eigenvalue weighted by molar-refractivity contribution is -0.140. The second-order valence-corrected chi connectivity index (χ2v) is 10.6. The van der Waals surface area contributed by atoms with Crippen molar-refractivity contribution in [3.63, 3.8) is 0 Å². The molecule has 0 radical (unpaired) electrons. The van der Waals surface area contributed by atoms with Crippen LogP contribution in [0.4, 0.5) is 5.69 Å². The molecule has 8 nitrogen and oxygen atoms in total. The third-order valence-electron chi connectivity index (χ3n) is 8.22. The van der Waals surface area contributed by atoms with Crippen LogP contribution < -0.4 is 10.6 Å². The fourth-order valence-corrected chi connectivity index (χ4v) is 6.59. The predicted molar refractivity (Wildman–Crippen MR) is 141 cm³/mol. The molecule has 2 aromatic rings. The fourth-order valence-electron chi connectivity index (χ4n) is 6.59. The Morgan fingerprint density at radius 1 is 1.08 bits per heavy atom. The summed E-state index contributed by atoms with van der Waals surface area (Å²) in [5.74, 6) is -1.78. The quantitative estimate of drug-likeness (QED) is 0.405. The first-order chi connectivity index (χ1) is 18.0. The third kappa shape index (κ3) is 4.61. The van der Waals surface area contributed by atoms with Crippen LogP contribution in [0, 0.1) is 11.8 Å². The smallest absolute Gasteiger partial charge is 0.250 e. The molecule has 0 aromatic heterocycles. The van der Waals surface area contributed by atoms with Crippen molar-refractivity contribution in [2.75, 3.05) is 25.0 Å². The molecule has 5 rings (SSSR count). The van der Waals surface area contributed by atoms with Crippen LogP contribution in [0.15, 0.2) is 42.5 Å². The van der Waals surface area contributed by atoms with Gasteiger partial charge in [0, 0.05) is 25.4 Å². The zero-order valence-electron chi connectivity index (χ0n) is 21.4. The van der Waals surface area contributed by atoms with E-state index in [1.54, 1.807) is 4.90 Å². The largest absolute Gasteiger partial charge is 0.396 e. The topological polar surface area (TPSA) is 108 Å². The maximum atomic E-state index is 13.9. The lowest BCUT2D eigenvalue weighted by atomic mass is 9.70. The molecule has 2 aromatic carbocycles. The molecule has 2 unspecified atom stereocenters. The van der Waals surface area contributed by atoms with E-state index in [2.05, 4.69) is 10.6 Å². The summed E-state index contributed by atoms with van der Waals surface area (Å²) in [4.78, 5) is 42.6. The molecule has 3 aliphatic rings. The number of hydrogen-bond donors (Lipinski definition) is 3. The number of benzene rings is 2. The van der Waals surface area contributed by atoms with Gasteiger partial charge in [0.05, 0.1) is 17.9 Å².